The van der Waals surface area contributed by atoms with Gasteiger partial charge in [0.2, 0.25) is 10.0 Å². The summed E-state index contributed by atoms with van der Waals surface area (Å²) < 4.78 is 33.2. The van der Waals surface area contributed by atoms with E-state index < -0.39 is 21.0 Å². The van der Waals surface area contributed by atoms with Crippen LogP contribution in [0.25, 0.3) is 0 Å². The van der Waals surface area contributed by atoms with E-state index in [4.69, 9.17) is 4.74 Å². The van der Waals surface area contributed by atoms with E-state index >= 15 is 0 Å². The van der Waals surface area contributed by atoms with Gasteiger partial charge in [-0.25, -0.2) is 17.5 Å². The lowest BCUT2D eigenvalue weighted by atomic mass is 9.97. The molecule has 0 radical (unpaired) electrons. The summed E-state index contributed by atoms with van der Waals surface area (Å²) in [5, 5.41) is 24.3. The van der Waals surface area contributed by atoms with Gasteiger partial charge in [0, 0.05) is 44.9 Å². The van der Waals surface area contributed by atoms with Crippen molar-refractivity contribution in [1.29, 1.82) is 5.26 Å². The van der Waals surface area contributed by atoms with Gasteiger partial charge < -0.3 is 9.64 Å². The van der Waals surface area contributed by atoms with Crippen LogP contribution in [0.4, 0.5) is 10.5 Å². The summed E-state index contributed by atoms with van der Waals surface area (Å²) in [5.41, 5.74) is 1.69. The number of ether oxygens (including phenoxy) is 1. The summed E-state index contributed by atoms with van der Waals surface area (Å²) in [4.78, 5) is 27.3. The summed E-state index contributed by atoms with van der Waals surface area (Å²) in [5.74, 6) is 0.0250. The Morgan fingerprint density at radius 3 is 2.47 bits per heavy atom. The third-order valence-corrected chi connectivity index (χ3v) is 10.3. The second kappa shape index (κ2) is 15.1. The largest absolute Gasteiger partial charge is 0.445 e. The van der Waals surface area contributed by atoms with E-state index in [0.717, 1.165) is 31.6 Å². The fourth-order valence-corrected chi connectivity index (χ4v) is 7.18. The van der Waals surface area contributed by atoms with Crippen LogP contribution in [0, 0.1) is 21.4 Å². The number of carbonyl (C=O) groups is 1. The first-order valence-electron chi connectivity index (χ1n) is 14.0. The highest BCUT2D eigenvalue weighted by Crippen LogP contribution is 2.27. The van der Waals surface area contributed by atoms with E-state index in [2.05, 4.69) is 16.3 Å². The van der Waals surface area contributed by atoms with Gasteiger partial charge in [0.1, 0.15) is 13.2 Å². The highest BCUT2D eigenvalue weighted by atomic mass is 32.2. The number of nitrogens with zero attached hydrogens (tertiary/aromatic N) is 5. The van der Waals surface area contributed by atoms with Gasteiger partial charge in [0.05, 0.1) is 15.9 Å². The Morgan fingerprint density at radius 1 is 1.16 bits per heavy atom. The summed E-state index contributed by atoms with van der Waals surface area (Å²) in [6.07, 6.45) is 1.55. The van der Waals surface area contributed by atoms with Crippen molar-refractivity contribution in [2.75, 3.05) is 39.8 Å². The minimum absolute atomic E-state index is 0.0250. The van der Waals surface area contributed by atoms with Gasteiger partial charge in [-0.3, -0.25) is 15.0 Å². The lowest BCUT2D eigenvalue weighted by Crippen LogP contribution is -2.48. The van der Waals surface area contributed by atoms with Crippen molar-refractivity contribution in [2.45, 2.75) is 42.7 Å². The number of sulfonamides is 1. The molecule has 1 aromatic heterocycles. The molecule has 1 atom stereocenters. The monoisotopic (exact) mass is 625 g/mol. The second-order valence-electron chi connectivity index (χ2n) is 10.5. The summed E-state index contributed by atoms with van der Waals surface area (Å²) in [6, 6.07) is 18.2. The molecule has 1 fully saturated rings. The van der Waals surface area contributed by atoms with E-state index in [1.165, 1.54) is 33.5 Å². The van der Waals surface area contributed by atoms with E-state index in [9.17, 15) is 28.6 Å². The van der Waals surface area contributed by atoms with Crippen LogP contribution in [0.15, 0.2) is 76.3 Å². The van der Waals surface area contributed by atoms with Gasteiger partial charge in [0.15, 0.2) is 0 Å². The quantitative estimate of drug-likeness (QED) is 0.146. The zero-order chi connectivity index (χ0) is 30.8. The molecular weight excluding hydrogens is 590 g/mol. The van der Waals surface area contributed by atoms with Crippen LogP contribution in [0.1, 0.15) is 36.3 Å². The maximum absolute atomic E-state index is 13.1. The molecule has 43 heavy (non-hydrogen) atoms. The van der Waals surface area contributed by atoms with Crippen molar-refractivity contribution < 1.29 is 22.9 Å². The normalized spacial score (nSPS) is 15.1. The maximum Gasteiger partial charge on any atom is 0.411 e. The van der Waals surface area contributed by atoms with Crippen molar-refractivity contribution in [2.24, 2.45) is 0 Å². The molecule has 13 heteroatoms. The number of thiophene rings is 1. The van der Waals surface area contributed by atoms with Gasteiger partial charge >= 0.3 is 6.09 Å². The number of nitro benzene ring substituents is 1. The van der Waals surface area contributed by atoms with Crippen LogP contribution >= 0.6 is 11.3 Å². The molecule has 1 aliphatic heterocycles. The Labute approximate surface area is 256 Å². The number of likely N-dealkylation sites (N-methyl/N-ethyl adjacent to an activating group) is 1. The fraction of sp³-hybridized carbons (Fsp3) is 0.400. The maximum atomic E-state index is 13.1. The Hall–Kier alpha value is -3.83. The molecule has 0 saturated carbocycles. The van der Waals surface area contributed by atoms with E-state index in [1.807, 2.05) is 11.4 Å². The van der Waals surface area contributed by atoms with Gasteiger partial charge in [-0.1, -0.05) is 18.2 Å². The van der Waals surface area contributed by atoms with Crippen LogP contribution in [0.5, 0.6) is 0 Å². The van der Waals surface area contributed by atoms with Gasteiger partial charge in [0.25, 0.3) is 5.69 Å². The number of nitriles is 1. The zero-order valence-electron chi connectivity index (χ0n) is 23.9. The Balaban J connectivity index is 1.30. The highest BCUT2D eigenvalue weighted by Gasteiger charge is 2.30. The number of piperidine rings is 1. The Bertz CT molecular complexity index is 1490. The first kappa shape index (κ1) is 32.1. The Kier molecular flexibility index (Phi) is 11.2. The number of likely N-dealkylation sites (tertiary alicyclic amines) is 1. The molecule has 11 nitrogen and oxygen atoms in total. The second-order valence-corrected chi connectivity index (χ2v) is 13.3. The van der Waals surface area contributed by atoms with Crippen molar-refractivity contribution >= 4 is 33.1 Å². The molecule has 2 aromatic carbocycles. The minimum atomic E-state index is -3.61. The summed E-state index contributed by atoms with van der Waals surface area (Å²) in [7, 11) is -1.98. The van der Waals surface area contributed by atoms with Gasteiger partial charge in [-0.2, -0.15) is 16.6 Å². The van der Waals surface area contributed by atoms with Crippen LogP contribution in [0.2, 0.25) is 0 Å². The minimum Gasteiger partial charge on any atom is -0.445 e. The van der Waals surface area contributed by atoms with Gasteiger partial charge in [-0.15, -0.1) is 0 Å². The molecular formula is C30H35N5O6S2. The number of non-ortho nitro benzene ring substituents is 1. The molecule has 4 rings (SSSR count). The Morgan fingerprint density at radius 2 is 1.86 bits per heavy atom. The van der Waals surface area contributed by atoms with E-state index in [1.54, 1.807) is 48.7 Å². The van der Waals surface area contributed by atoms with Crippen molar-refractivity contribution in [3.63, 3.8) is 0 Å². The molecule has 0 bridgehead atoms. The van der Waals surface area contributed by atoms with Crippen LogP contribution in [-0.2, 0) is 21.4 Å². The predicted octanol–water partition coefficient (Wildman–Crippen LogP) is 5.08. The van der Waals surface area contributed by atoms with Crippen LogP contribution in [-0.4, -0.2) is 79.4 Å². The predicted molar refractivity (Wildman–Crippen MR) is 163 cm³/mol. The number of amides is 1. The molecule has 3 aromatic rings. The van der Waals surface area contributed by atoms with Gasteiger partial charge in [-0.05, 0) is 83.9 Å². The van der Waals surface area contributed by atoms with Crippen molar-refractivity contribution in [3.05, 3.63) is 92.7 Å². The molecule has 1 saturated heterocycles. The fourth-order valence-electron chi connectivity index (χ4n) is 5.21. The molecule has 1 amide bonds. The SMILES string of the molecule is CN(C[C@@H](CCN1CCC(N(CC#N)C(=O)OCc2ccc([N+](=O)[O-])cc2)CC1)c1ccsc1)S(=O)(=O)c1ccccc1. The average Bonchev–Trinajstić information content (AvgIpc) is 3.56. The molecule has 228 valence electrons. The number of hydrogen-bond acceptors (Lipinski definition) is 9. The first-order valence-corrected chi connectivity index (χ1v) is 16.4. The number of hydrogen-bond donors (Lipinski definition) is 0. The van der Waals surface area contributed by atoms with Crippen LogP contribution in [0.3, 0.4) is 0 Å². The first-order chi connectivity index (χ1) is 20.7. The molecule has 0 spiro atoms. The molecule has 1 aliphatic rings. The van der Waals surface area contributed by atoms with Crippen molar-refractivity contribution in [1.82, 2.24) is 14.1 Å². The summed E-state index contributed by atoms with van der Waals surface area (Å²) >= 11 is 1.59. The van der Waals surface area contributed by atoms with E-state index in [0.29, 0.717) is 24.9 Å². The van der Waals surface area contributed by atoms with E-state index in [-0.39, 0.29) is 35.7 Å². The molecule has 0 N–H and O–H groups in total. The number of nitro groups is 1. The molecule has 0 unspecified atom stereocenters. The van der Waals surface area contributed by atoms with Crippen LogP contribution < -0.4 is 0 Å². The topological polar surface area (TPSA) is 137 Å². The number of rotatable bonds is 13. The standard InChI is InChI=1S/C30H35N5O6S2/c1-32(43(39,40)29-5-3-2-4-6-29)21-25(26-14-20-42-23-26)11-16-33-17-12-27(13-18-33)34(19-15-31)30(36)41-22-24-7-9-28(10-8-24)35(37)38/h2-10,14,20,23,25,27H,11-13,16-19,21-22H2,1H3/t25-/m1/s1. The third kappa shape index (κ3) is 8.61. The molecule has 0 aliphatic carbocycles. The lowest BCUT2D eigenvalue weighted by molar-refractivity contribution is -0.384. The number of benzene rings is 2. The number of carbonyl (C=O) groups excluding carboxylic acids is 1. The molecule has 2 heterocycles. The smallest absolute Gasteiger partial charge is 0.411 e. The average molecular weight is 626 g/mol. The van der Waals surface area contributed by atoms with Crippen molar-refractivity contribution in [3.8, 4) is 6.07 Å². The zero-order valence-corrected chi connectivity index (χ0v) is 25.6. The highest BCUT2D eigenvalue weighted by molar-refractivity contribution is 7.89. The third-order valence-electron chi connectivity index (χ3n) is 7.72. The lowest BCUT2D eigenvalue weighted by Gasteiger charge is -2.37. The summed E-state index contributed by atoms with van der Waals surface area (Å²) in [6.45, 7) is 2.46.